The van der Waals surface area contributed by atoms with Crippen LogP contribution in [0.25, 0.3) is 0 Å². The van der Waals surface area contributed by atoms with Crippen LogP contribution in [0.2, 0.25) is 0 Å². The van der Waals surface area contributed by atoms with Gasteiger partial charge in [-0.15, -0.1) is 0 Å². The average molecular weight is 424 g/mol. The summed E-state index contributed by atoms with van der Waals surface area (Å²) in [5.74, 6) is 0.438. The van der Waals surface area contributed by atoms with Crippen LogP contribution < -0.4 is 16.1 Å². The minimum absolute atomic E-state index is 0.150. The number of nitrogens with one attached hydrogen (secondary N) is 3. The Hall–Kier alpha value is -2.86. The molecule has 1 aromatic rings. The van der Waals surface area contributed by atoms with E-state index in [-0.39, 0.29) is 23.8 Å². The van der Waals surface area contributed by atoms with Crippen molar-refractivity contribution in [2.75, 3.05) is 25.0 Å². The first kappa shape index (κ1) is 20.4. The number of aliphatic imine (C=N–C) groups is 1. The number of halogens is 3. The van der Waals surface area contributed by atoms with Crippen LogP contribution in [0.15, 0.2) is 34.9 Å². The number of hydrogen-bond donors (Lipinski definition) is 3. The first-order valence-corrected chi connectivity index (χ1v) is 9.58. The number of anilines is 1. The van der Waals surface area contributed by atoms with Gasteiger partial charge >= 0.3 is 6.18 Å². The number of carbonyl (C=O) groups excluding carboxylic acids is 1. The Balaban J connectivity index is 1.61. The number of rotatable bonds is 2. The van der Waals surface area contributed by atoms with Crippen LogP contribution in [0.4, 0.5) is 18.9 Å². The highest BCUT2D eigenvalue weighted by molar-refractivity contribution is 6.06. The van der Waals surface area contributed by atoms with Gasteiger partial charge in [0, 0.05) is 51.2 Å². The molecular weight excluding hydrogens is 401 g/mol. The Morgan fingerprint density at radius 1 is 1.33 bits per heavy atom. The van der Waals surface area contributed by atoms with Crippen molar-refractivity contribution < 1.29 is 18.0 Å². The highest BCUT2D eigenvalue weighted by Gasteiger charge is 2.38. The van der Waals surface area contributed by atoms with E-state index in [2.05, 4.69) is 44.9 Å². The van der Waals surface area contributed by atoms with Crippen molar-refractivity contribution >= 4 is 17.4 Å². The summed E-state index contributed by atoms with van der Waals surface area (Å²) in [5.41, 5.74) is 1.73. The molecule has 1 saturated heterocycles. The van der Waals surface area contributed by atoms with Gasteiger partial charge in [0.1, 0.15) is 5.84 Å². The minimum Gasteiger partial charge on any atom is -0.351 e. The van der Waals surface area contributed by atoms with Gasteiger partial charge in [-0.3, -0.25) is 14.5 Å². The summed E-state index contributed by atoms with van der Waals surface area (Å²) >= 11 is 0. The molecule has 1 aromatic heterocycles. The third kappa shape index (κ3) is 3.79. The van der Waals surface area contributed by atoms with Crippen LogP contribution in [0.3, 0.4) is 0 Å². The molecule has 12 heteroatoms. The second kappa shape index (κ2) is 7.43. The molecule has 3 aliphatic heterocycles. The summed E-state index contributed by atoms with van der Waals surface area (Å²) < 4.78 is 40.6. The monoisotopic (exact) mass is 424 g/mol. The molecule has 0 saturated carbocycles. The van der Waals surface area contributed by atoms with E-state index in [0.717, 1.165) is 24.0 Å². The zero-order valence-corrected chi connectivity index (χ0v) is 16.8. The summed E-state index contributed by atoms with van der Waals surface area (Å²) in [5, 5.41) is 10.8. The lowest BCUT2D eigenvalue weighted by Gasteiger charge is -2.39. The van der Waals surface area contributed by atoms with E-state index in [4.69, 9.17) is 0 Å². The van der Waals surface area contributed by atoms with Gasteiger partial charge in [0.25, 0.3) is 5.91 Å². The number of hydrazine groups is 1. The lowest BCUT2D eigenvalue weighted by atomic mass is 10.1. The fourth-order valence-electron chi connectivity index (χ4n) is 3.66. The average Bonchev–Trinajstić information content (AvgIpc) is 3.26. The molecule has 3 aliphatic rings. The first-order chi connectivity index (χ1) is 14.1. The molecule has 0 aliphatic carbocycles. The van der Waals surface area contributed by atoms with Gasteiger partial charge in [0.15, 0.2) is 11.5 Å². The Morgan fingerprint density at radius 3 is 2.83 bits per heavy atom. The van der Waals surface area contributed by atoms with Crippen LogP contribution in [0, 0.1) is 0 Å². The summed E-state index contributed by atoms with van der Waals surface area (Å²) in [6, 6.07) is 0.508. The zero-order chi connectivity index (χ0) is 21.6. The Labute approximate surface area is 171 Å². The molecule has 9 nitrogen and oxygen atoms in total. The molecule has 0 unspecified atom stereocenters. The predicted molar refractivity (Wildman–Crippen MR) is 104 cm³/mol. The maximum Gasteiger partial charge on any atom is 0.437 e. The molecule has 3 N–H and O–H groups in total. The molecule has 4 rings (SSSR count). The van der Waals surface area contributed by atoms with Gasteiger partial charge in [-0.25, -0.2) is 10.4 Å². The van der Waals surface area contributed by atoms with Gasteiger partial charge < -0.3 is 15.5 Å². The first-order valence-electron chi connectivity index (χ1n) is 9.58. The highest BCUT2D eigenvalue weighted by Crippen LogP contribution is 2.34. The summed E-state index contributed by atoms with van der Waals surface area (Å²) in [7, 11) is 1.36. The summed E-state index contributed by atoms with van der Waals surface area (Å²) in [6.45, 7) is 5.88. The van der Waals surface area contributed by atoms with Crippen LogP contribution >= 0.6 is 0 Å². The van der Waals surface area contributed by atoms with E-state index >= 15 is 0 Å². The number of carbonyl (C=O) groups is 1. The second-order valence-corrected chi connectivity index (χ2v) is 7.62. The van der Waals surface area contributed by atoms with Gasteiger partial charge in [-0.2, -0.15) is 18.3 Å². The quantitative estimate of drug-likeness (QED) is 0.657. The number of amides is 1. The Morgan fingerprint density at radius 2 is 2.10 bits per heavy atom. The van der Waals surface area contributed by atoms with Crippen molar-refractivity contribution in [2.24, 2.45) is 12.0 Å². The standard InChI is InChI=1S/C18H23F3N8O/c1-10-8-28(11(2)6-22-10)14-4-5-29-16(25-14)12(7-23-29)17(30)24-13-9-27(3)26-15(13)18(19,20)21/h4-5,9-11,22-23H,6-8H2,1-3H3,(H,24,30)/t10-,11-/m1/s1. The lowest BCUT2D eigenvalue weighted by molar-refractivity contribution is -0.140. The number of piperazine rings is 1. The van der Waals surface area contributed by atoms with E-state index < -0.39 is 17.8 Å². The largest absolute Gasteiger partial charge is 0.437 e. The molecule has 0 radical (unpaired) electrons. The van der Waals surface area contributed by atoms with Gasteiger partial charge in [-0.05, 0) is 19.9 Å². The third-order valence-electron chi connectivity index (χ3n) is 5.20. The van der Waals surface area contributed by atoms with Crippen molar-refractivity contribution in [3.05, 3.63) is 35.6 Å². The Bertz CT molecular complexity index is 948. The van der Waals surface area contributed by atoms with Crippen molar-refractivity contribution in [2.45, 2.75) is 32.1 Å². The number of aromatic nitrogens is 2. The van der Waals surface area contributed by atoms with Crippen LogP contribution in [0.1, 0.15) is 19.5 Å². The van der Waals surface area contributed by atoms with Crippen molar-refractivity contribution in [3.8, 4) is 0 Å². The molecular formula is C18H23F3N8O. The number of nitrogens with zero attached hydrogens (tertiary/aromatic N) is 5. The SMILES string of the molecule is C[C@@H]1CN(C2=NC3=C(C(=O)Nc4cn(C)nc4C(F)(F)F)CNN3C=C2)[C@H](C)CN1. The number of fused-ring (bicyclic) bond motifs is 1. The number of aryl methyl sites for hydroxylation is 1. The third-order valence-corrected chi connectivity index (χ3v) is 5.20. The van der Waals surface area contributed by atoms with Gasteiger partial charge in [-0.1, -0.05) is 0 Å². The Kier molecular flexibility index (Phi) is 5.06. The van der Waals surface area contributed by atoms with Gasteiger partial charge in [0.2, 0.25) is 0 Å². The molecule has 1 amide bonds. The fourth-order valence-corrected chi connectivity index (χ4v) is 3.66. The molecule has 0 aromatic carbocycles. The van der Waals surface area contributed by atoms with Crippen molar-refractivity contribution in [3.63, 3.8) is 0 Å². The molecule has 1 fully saturated rings. The summed E-state index contributed by atoms with van der Waals surface area (Å²) in [6.07, 6.45) is 0.0817. The maximum absolute atomic E-state index is 13.2. The van der Waals surface area contributed by atoms with Gasteiger partial charge in [0.05, 0.1) is 11.3 Å². The van der Waals surface area contributed by atoms with E-state index in [0.29, 0.717) is 17.7 Å². The smallest absolute Gasteiger partial charge is 0.351 e. The van der Waals surface area contributed by atoms with Crippen LogP contribution in [-0.2, 0) is 18.0 Å². The van der Waals surface area contributed by atoms with Crippen molar-refractivity contribution in [1.29, 1.82) is 0 Å². The molecule has 30 heavy (non-hydrogen) atoms. The maximum atomic E-state index is 13.2. The zero-order valence-electron chi connectivity index (χ0n) is 16.8. The molecule has 0 spiro atoms. The van der Waals surface area contributed by atoms with Crippen molar-refractivity contribution in [1.82, 2.24) is 30.4 Å². The highest BCUT2D eigenvalue weighted by atomic mass is 19.4. The topological polar surface area (TPSA) is 89.8 Å². The van der Waals surface area contributed by atoms with E-state index in [1.54, 1.807) is 11.2 Å². The number of alkyl halides is 3. The number of amidine groups is 1. The van der Waals surface area contributed by atoms with E-state index in [1.807, 2.05) is 6.08 Å². The predicted octanol–water partition coefficient (Wildman–Crippen LogP) is 1.02. The minimum atomic E-state index is -4.67. The summed E-state index contributed by atoms with van der Waals surface area (Å²) in [4.78, 5) is 19.6. The van der Waals surface area contributed by atoms with Crippen LogP contribution in [-0.4, -0.2) is 63.2 Å². The van der Waals surface area contributed by atoms with E-state index in [9.17, 15) is 18.0 Å². The fraction of sp³-hybridized carbons (Fsp3) is 0.500. The lowest BCUT2D eigenvalue weighted by Crippen LogP contribution is -2.56. The second-order valence-electron chi connectivity index (χ2n) is 7.62. The van der Waals surface area contributed by atoms with E-state index in [1.165, 1.54) is 7.05 Å². The molecule has 0 bridgehead atoms. The molecule has 4 heterocycles. The van der Waals surface area contributed by atoms with Crippen LogP contribution in [0.5, 0.6) is 0 Å². The normalized spacial score (nSPS) is 24.3. The number of hydrogen-bond acceptors (Lipinski definition) is 7. The molecule has 2 atom stereocenters. The molecule has 162 valence electrons.